The van der Waals surface area contributed by atoms with Crippen LogP contribution in [-0.2, 0) is 22.5 Å². The van der Waals surface area contributed by atoms with Gasteiger partial charge in [0.1, 0.15) is 19.8 Å². The first-order valence-corrected chi connectivity index (χ1v) is 7.80. The van der Waals surface area contributed by atoms with Crippen LogP contribution in [0.25, 0.3) is 0 Å². The van der Waals surface area contributed by atoms with Crippen molar-refractivity contribution < 1.29 is 22.8 Å². The summed E-state index contributed by atoms with van der Waals surface area (Å²) in [6.07, 6.45) is -4.43. The van der Waals surface area contributed by atoms with Crippen molar-refractivity contribution in [3.63, 3.8) is 0 Å². The molecule has 0 aromatic heterocycles. The summed E-state index contributed by atoms with van der Waals surface area (Å²) in [4.78, 5) is 9.92. The largest absolute Gasteiger partial charge is 0.416 e. The van der Waals surface area contributed by atoms with Gasteiger partial charge in [0.2, 0.25) is 0 Å². The molecule has 0 saturated heterocycles. The van der Waals surface area contributed by atoms with Gasteiger partial charge in [0.15, 0.2) is 5.71 Å². The van der Waals surface area contributed by atoms with Crippen LogP contribution < -0.4 is 0 Å². The van der Waals surface area contributed by atoms with Crippen molar-refractivity contribution >= 4 is 11.4 Å². The zero-order chi connectivity index (χ0) is 19.9. The van der Waals surface area contributed by atoms with E-state index in [4.69, 9.17) is 10.1 Å². The third-order valence-corrected chi connectivity index (χ3v) is 3.59. The van der Waals surface area contributed by atoms with Gasteiger partial charge >= 0.3 is 6.18 Å². The molecule has 0 atom stereocenters. The first kappa shape index (κ1) is 20.0. The van der Waals surface area contributed by atoms with Crippen LogP contribution >= 0.6 is 0 Å². The lowest BCUT2D eigenvalue weighted by atomic mass is 10.0. The molecule has 0 spiro atoms. The number of halogens is 3. The smallest absolute Gasteiger partial charge is 0.398 e. The Bertz CT molecular complexity index is 900. The molecule has 0 aliphatic carbocycles. The SMILES string of the molecule is CON=C(C#N)c1ccccc1CON=C(C)c1cccc(C(F)(F)F)c1. The van der Waals surface area contributed by atoms with E-state index in [0.717, 1.165) is 12.1 Å². The molecule has 0 N–H and O–H groups in total. The van der Waals surface area contributed by atoms with Crippen molar-refractivity contribution in [2.75, 3.05) is 7.11 Å². The summed E-state index contributed by atoms with van der Waals surface area (Å²) in [6, 6.07) is 13.7. The van der Waals surface area contributed by atoms with Gasteiger partial charge in [-0.25, -0.2) is 0 Å². The average Bonchev–Trinajstić information content (AvgIpc) is 2.66. The maximum atomic E-state index is 12.8. The van der Waals surface area contributed by atoms with Crippen LogP contribution in [0, 0.1) is 11.3 Å². The molecule has 140 valence electrons. The number of hydrogen-bond donors (Lipinski definition) is 0. The Morgan fingerprint density at radius 3 is 2.52 bits per heavy atom. The maximum Gasteiger partial charge on any atom is 0.416 e. The van der Waals surface area contributed by atoms with E-state index < -0.39 is 11.7 Å². The van der Waals surface area contributed by atoms with Crippen LogP contribution in [0.5, 0.6) is 0 Å². The van der Waals surface area contributed by atoms with E-state index in [1.807, 2.05) is 6.07 Å². The Morgan fingerprint density at radius 1 is 1.11 bits per heavy atom. The van der Waals surface area contributed by atoms with Crippen LogP contribution in [-0.4, -0.2) is 18.5 Å². The number of alkyl halides is 3. The van der Waals surface area contributed by atoms with Gasteiger partial charge in [-0.3, -0.25) is 0 Å². The minimum absolute atomic E-state index is 0.0108. The highest BCUT2D eigenvalue weighted by Crippen LogP contribution is 2.29. The van der Waals surface area contributed by atoms with Crippen molar-refractivity contribution in [1.29, 1.82) is 5.26 Å². The standard InChI is InChI=1S/C19H16F3N3O2/c1-13(14-7-5-8-16(10-14)19(20,21)22)24-27-12-15-6-3-4-9-17(15)18(11-23)25-26-2/h3-10H,12H2,1-2H3. The lowest BCUT2D eigenvalue weighted by Crippen LogP contribution is -2.07. The van der Waals surface area contributed by atoms with Crippen LogP contribution in [0.15, 0.2) is 58.8 Å². The van der Waals surface area contributed by atoms with Gasteiger partial charge < -0.3 is 9.68 Å². The molecule has 27 heavy (non-hydrogen) atoms. The molecule has 8 heteroatoms. The summed E-state index contributed by atoms with van der Waals surface area (Å²) < 4.78 is 38.4. The zero-order valence-corrected chi connectivity index (χ0v) is 14.6. The lowest BCUT2D eigenvalue weighted by molar-refractivity contribution is -0.137. The number of hydrogen-bond acceptors (Lipinski definition) is 5. The quantitative estimate of drug-likeness (QED) is 0.551. The third-order valence-electron chi connectivity index (χ3n) is 3.59. The number of nitrogens with zero attached hydrogens (tertiary/aromatic N) is 3. The molecule has 0 amide bonds. The molecular weight excluding hydrogens is 359 g/mol. The monoisotopic (exact) mass is 375 g/mol. The second kappa shape index (κ2) is 8.85. The van der Waals surface area contributed by atoms with Gasteiger partial charge in [0, 0.05) is 11.1 Å². The summed E-state index contributed by atoms with van der Waals surface area (Å²) in [7, 11) is 1.33. The number of benzene rings is 2. The van der Waals surface area contributed by atoms with E-state index in [1.165, 1.54) is 19.2 Å². The molecule has 0 aliphatic heterocycles. The molecule has 0 radical (unpaired) electrons. The fourth-order valence-electron chi connectivity index (χ4n) is 2.27. The molecular formula is C19H16F3N3O2. The Hall–Kier alpha value is -3.34. The highest BCUT2D eigenvalue weighted by atomic mass is 19.4. The van der Waals surface area contributed by atoms with Gasteiger partial charge in [0.25, 0.3) is 0 Å². The van der Waals surface area contributed by atoms with Crippen LogP contribution in [0.4, 0.5) is 13.2 Å². The first-order valence-electron chi connectivity index (χ1n) is 7.80. The van der Waals surface area contributed by atoms with Crippen molar-refractivity contribution in [1.82, 2.24) is 0 Å². The van der Waals surface area contributed by atoms with Gasteiger partial charge in [-0.2, -0.15) is 18.4 Å². The summed E-state index contributed by atoms with van der Waals surface area (Å²) in [5, 5.41) is 16.7. The Labute approximate surface area is 154 Å². The Balaban J connectivity index is 2.17. The summed E-state index contributed by atoms with van der Waals surface area (Å²) in [6.45, 7) is 1.56. The van der Waals surface area contributed by atoms with E-state index in [0.29, 0.717) is 22.4 Å². The van der Waals surface area contributed by atoms with Crippen molar-refractivity contribution in [3.8, 4) is 6.07 Å². The number of rotatable bonds is 6. The van der Waals surface area contributed by atoms with E-state index in [9.17, 15) is 13.2 Å². The highest BCUT2D eigenvalue weighted by Gasteiger charge is 2.30. The number of nitriles is 1. The molecule has 0 heterocycles. The highest BCUT2D eigenvalue weighted by molar-refractivity contribution is 6.12. The molecule has 0 fully saturated rings. The van der Waals surface area contributed by atoms with Crippen molar-refractivity contribution in [2.45, 2.75) is 19.7 Å². The summed E-state index contributed by atoms with van der Waals surface area (Å²) >= 11 is 0. The van der Waals surface area contributed by atoms with Crippen molar-refractivity contribution in [2.24, 2.45) is 10.3 Å². The minimum Gasteiger partial charge on any atom is -0.398 e. The normalized spacial score (nSPS) is 12.4. The second-order valence-electron chi connectivity index (χ2n) is 5.42. The minimum atomic E-state index is -4.43. The molecule has 2 aromatic rings. The van der Waals surface area contributed by atoms with Gasteiger partial charge in [-0.05, 0) is 24.6 Å². The van der Waals surface area contributed by atoms with Gasteiger partial charge in [-0.15, -0.1) is 0 Å². The summed E-state index contributed by atoms with van der Waals surface area (Å²) in [5.41, 5.74) is 1.08. The van der Waals surface area contributed by atoms with E-state index in [-0.39, 0.29) is 12.3 Å². The van der Waals surface area contributed by atoms with Crippen LogP contribution in [0.1, 0.15) is 29.2 Å². The van der Waals surface area contributed by atoms with Gasteiger partial charge in [-0.1, -0.05) is 46.7 Å². The van der Waals surface area contributed by atoms with E-state index in [1.54, 1.807) is 31.2 Å². The zero-order valence-electron chi connectivity index (χ0n) is 14.6. The molecule has 0 aliphatic rings. The average molecular weight is 375 g/mol. The molecule has 0 bridgehead atoms. The second-order valence-corrected chi connectivity index (χ2v) is 5.42. The fraction of sp³-hybridized carbons (Fsp3) is 0.211. The predicted molar refractivity (Wildman–Crippen MR) is 94.0 cm³/mol. The Morgan fingerprint density at radius 2 is 1.85 bits per heavy atom. The first-order chi connectivity index (χ1) is 12.9. The number of oxime groups is 2. The predicted octanol–water partition coefficient (Wildman–Crippen LogP) is 4.52. The topological polar surface area (TPSA) is 67.0 Å². The molecule has 0 saturated carbocycles. The van der Waals surface area contributed by atoms with Crippen molar-refractivity contribution in [3.05, 3.63) is 70.8 Å². The summed E-state index contributed by atoms with van der Waals surface area (Å²) in [5.74, 6) is 0. The Kier molecular flexibility index (Phi) is 6.55. The molecule has 2 aromatic carbocycles. The van der Waals surface area contributed by atoms with E-state index in [2.05, 4.69) is 15.1 Å². The van der Waals surface area contributed by atoms with Gasteiger partial charge in [0.05, 0.1) is 11.3 Å². The van der Waals surface area contributed by atoms with Crippen LogP contribution in [0.2, 0.25) is 0 Å². The lowest BCUT2D eigenvalue weighted by Gasteiger charge is -2.09. The molecule has 0 unspecified atom stereocenters. The fourth-order valence-corrected chi connectivity index (χ4v) is 2.27. The molecule has 5 nitrogen and oxygen atoms in total. The third kappa shape index (κ3) is 5.31. The maximum absolute atomic E-state index is 12.8. The van der Waals surface area contributed by atoms with Crippen LogP contribution in [0.3, 0.4) is 0 Å². The molecule has 2 rings (SSSR count). The van der Waals surface area contributed by atoms with E-state index >= 15 is 0 Å².